The van der Waals surface area contributed by atoms with E-state index in [2.05, 4.69) is 22.5 Å². The number of hydrogen-bond acceptors (Lipinski definition) is 4. The molecule has 0 atom stereocenters. The molecule has 140 valence electrons. The molecule has 0 spiro atoms. The number of amides is 1. The Hall–Kier alpha value is -1.40. The van der Waals surface area contributed by atoms with Crippen LogP contribution in [-0.2, 0) is 4.79 Å². The summed E-state index contributed by atoms with van der Waals surface area (Å²) in [5.74, 6) is -0.119. The van der Waals surface area contributed by atoms with Crippen LogP contribution in [0.1, 0.15) is 36.5 Å². The fraction of sp³-hybridized carbons (Fsp3) is 0.444. The lowest BCUT2D eigenvalue weighted by molar-refractivity contribution is -0.115. The summed E-state index contributed by atoms with van der Waals surface area (Å²) in [6, 6.07) is 6.99. The molecule has 3 N–H and O–H groups in total. The van der Waals surface area contributed by atoms with E-state index in [-0.39, 0.29) is 48.6 Å². The van der Waals surface area contributed by atoms with Gasteiger partial charge in [-0.1, -0.05) is 18.2 Å². The predicted octanol–water partition coefficient (Wildman–Crippen LogP) is 2.96. The summed E-state index contributed by atoms with van der Waals surface area (Å²) in [4.78, 5) is 23.6. The van der Waals surface area contributed by atoms with E-state index in [1.54, 1.807) is 24.3 Å². The molecule has 1 aliphatic heterocycles. The molecule has 1 fully saturated rings. The molecule has 7 heteroatoms. The molecule has 25 heavy (non-hydrogen) atoms. The molecule has 0 unspecified atom stereocenters. The smallest absolute Gasteiger partial charge is 0.238 e. The number of carbonyl (C=O) groups excluding carboxylic acids is 2. The molecule has 1 amide bonds. The first-order valence-corrected chi connectivity index (χ1v) is 8.02. The second-order valence-electron chi connectivity index (χ2n) is 6.06. The van der Waals surface area contributed by atoms with Gasteiger partial charge >= 0.3 is 0 Å². The maximum atomic E-state index is 12.2. The van der Waals surface area contributed by atoms with Crippen LogP contribution in [0, 0.1) is 0 Å². The summed E-state index contributed by atoms with van der Waals surface area (Å²) in [5.41, 5.74) is 1.19. The predicted molar refractivity (Wildman–Crippen MR) is 107 cm³/mol. The second kappa shape index (κ2) is 11.3. The first kappa shape index (κ1) is 23.6. The Morgan fingerprint density at radius 2 is 1.96 bits per heavy atom. The molecular formula is C18H27Cl2N3O2. The van der Waals surface area contributed by atoms with E-state index in [4.69, 9.17) is 0 Å². The van der Waals surface area contributed by atoms with Gasteiger partial charge in [-0.2, -0.15) is 0 Å². The summed E-state index contributed by atoms with van der Waals surface area (Å²) in [7, 11) is 0. The topological polar surface area (TPSA) is 70.2 Å². The lowest BCUT2D eigenvalue weighted by atomic mass is 9.85. The number of carbonyl (C=O) groups is 2. The quantitative estimate of drug-likeness (QED) is 0.496. The maximum Gasteiger partial charge on any atom is 0.238 e. The number of Topliss-reactive ketones (excluding diaryl/α,β-unsaturated/α-hetero) is 1. The van der Waals surface area contributed by atoms with Crippen molar-refractivity contribution in [2.75, 3.05) is 25.0 Å². The van der Waals surface area contributed by atoms with Crippen molar-refractivity contribution in [3.05, 3.63) is 42.5 Å². The van der Waals surface area contributed by atoms with E-state index in [1.807, 2.05) is 6.08 Å². The molecule has 5 nitrogen and oxygen atoms in total. The van der Waals surface area contributed by atoms with Gasteiger partial charge in [-0.3, -0.25) is 9.59 Å². The molecular weight excluding hydrogens is 361 g/mol. The van der Waals surface area contributed by atoms with Crippen LogP contribution in [0.2, 0.25) is 0 Å². The monoisotopic (exact) mass is 387 g/mol. The van der Waals surface area contributed by atoms with Gasteiger partial charge in [-0.05, 0) is 51.4 Å². The maximum absolute atomic E-state index is 12.2. The minimum absolute atomic E-state index is 0. The SMILES string of the molecule is C=CCC1(NCC(=O)Nc2cccc(C(C)=O)c2)CCNCC1.Cl.Cl. The van der Waals surface area contributed by atoms with Gasteiger partial charge in [0.1, 0.15) is 0 Å². The number of piperidine rings is 1. The van der Waals surface area contributed by atoms with Gasteiger partial charge in [0.05, 0.1) is 6.54 Å². The highest BCUT2D eigenvalue weighted by Gasteiger charge is 2.30. The largest absolute Gasteiger partial charge is 0.325 e. The van der Waals surface area contributed by atoms with E-state index < -0.39 is 0 Å². The minimum Gasteiger partial charge on any atom is -0.325 e. The normalized spacial score (nSPS) is 15.2. The van der Waals surface area contributed by atoms with Gasteiger partial charge < -0.3 is 16.0 Å². The Morgan fingerprint density at radius 3 is 2.56 bits per heavy atom. The molecule has 1 heterocycles. The van der Waals surface area contributed by atoms with Crippen molar-refractivity contribution in [2.45, 2.75) is 31.7 Å². The fourth-order valence-corrected chi connectivity index (χ4v) is 2.92. The van der Waals surface area contributed by atoms with Crippen LogP contribution in [0.3, 0.4) is 0 Å². The molecule has 0 saturated carbocycles. The van der Waals surface area contributed by atoms with Crippen LogP contribution in [0.15, 0.2) is 36.9 Å². The molecule has 1 aromatic rings. The molecule has 1 aromatic carbocycles. The van der Waals surface area contributed by atoms with E-state index >= 15 is 0 Å². The second-order valence-corrected chi connectivity index (χ2v) is 6.06. The van der Waals surface area contributed by atoms with Crippen LogP contribution >= 0.6 is 24.8 Å². The summed E-state index contributed by atoms with van der Waals surface area (Å²) >= 11 is 0. The minimum atomic E-state index is -0.104. The van der Waals surface area contributed by atoms with Crippen LogP contribution in [0.4, 0.5) is 5.69 Å². The van der Waals surface area contributed by atoms with Gasteiger partial charge in [0.25, 0.3) is 0 Å². The zero-order valence-electron chi connectivity index (χ0n) is 14.5. The van der Waals surface area contributed by atoms with Crippen LogP contribution < -0.4 is 16.0 Å². The molecule has 1 aliphatic rings. The highest BCUT2D eigenvalue weighted by atomic mass is 35.5. The lowest BCUT2D eigenvalue weighted by Crippen LogP contribution is -2.53. The Balaban J connectivity index is 0.00000288. The highest BCUT2D eigenvalue weighted by Crippen LogP contribution is 2.22. The van der Waals surface area contributed by atoms with E-state index in [0.717, 1.165) is 32.4 Å². The van der Waals surface area contributed by atoms with E-state index in [9.17, 15) is 9.59 Å². The molecule has 0 radical (unpaired) electrons. The Bertz CT molecular complexity index is 587. The highest BCUT2D eigenvalue weighted by molar-refractivity contribution is 5.97. The number of halogens is 2. The van der Waals surface area contributed by atoms with Crippen molar-refractivity contribution in [3.8, 4) is 0 Å². The van der Waals surface area contributed by atoms with Gasteiger partial charge in [0, 0.05) is 16.8 Å². The number of anilines is 1. The van der Waals surface area contributed by atoms with Crippen LogP contribution in [-0.4, -0.2) is 36.9 Å². The number of hydrogen-bond donors (Lipinski definition) is 3. The standard InChI is InChI=1S/C18H25N3O2.2ClH/c1-3-7-18(8-10-19-11-9-18)20-13-17(23)21-16-6-4-5-15(12-16)14(2)22;;/h3-6,12,19-20H,1,7-11,13H2,2H3,(H,21,23);2*1H. The van der Waals surface area contributed by atoms with E-state index in [0.29, 0.717) is 11.3 Å². The third kappa shape index (κ3) is 7.16. The Morgan fingerprint density at radius 1 is 1.28 bits per heavy atom. The van der Waals surface area contributed by atoms with Crippen molar-refractivity contribution in [1.29, 1.82) is 0 Å². The summed E-state index contributed by atoms with van der Waals surface area (Å²) in [6.07, 6.45) is 4.71. The third-order valence-electron chi connectivity index (χ3n) is 4.27. The van der Waals surface area contributed by atoms with Crippen molar-refractivity contribution in [3.63, 3.8) is 0 Å². The van der Waals surface area contributed by atoms with Gasteiger partial charge in [-0.15, -0.1) is 31.4 Å². The number of nitrogens with one attached hydrogen (secondary N) is 3. The van der Waals surface area contributed by atoms with Gasteiger partial charge in [0.15, 0.2) is 5.78 Å². The van der Waals surface area contributed by atoms with E-state index in [1.165, 1.54) is 6.92 Å². The molecule has 0 bridgehead atoms. The van der Waals surface area contributed by atoms with Gasteiger partial charge in [-0.25, -0.2) is 0 Å². The first-order valence-electron chi connectivity index (χ1n) is 8.02. The average molecular weight is 388 g/mol. The average Bonchev–Trinajstić information content (AvgIpc) is 2.54. The first-order chi connectivity index (χ1) is 11.0. The molecule has 1 saturated heterocycles. The summed E-state index contributed by atoms with van der Waals surface area (Å²) < 4.78 is 0. The Kier molecular flexibility index (Phi) is 10.6. The van der Waals surface area contributed by atoms with Crippen LogP contribution in [0.5, 0.6) is 0 Å². The van der Waals surface area contributed by atoms with Crippen molar-refractivity contribution >= 4 is 42.2 Å². The van der Waals surface area contributed by atoms with Crippen molar-refractivity contribution < 1.29 is 9.59 Å². The summed E-state index contributed by atoms with van der Waals surface area (Å²) in [6.45, 7) is 7.48. The molecule has 0 aromatic heterocycles. The number of benzene rings is 1. The zero-order valence-corrected chi connectivity index (χ0v) is 16.1. The van der Waals surface area contributed by atoms with Crippen LogP contribution in [0.25, 0.3) is 0 Å². The lowest BCUT2D eigenvalue weighted by Gasteiger charge is -2.38. The molecule has 0 aliphatic carbocycles. The third-order valence-corrected chi connectivity index (χ3v) is 4.27. The Labute approximate surface area is 161 Å². The van der Waals surface area contributed by atoms with Crippen molar-refractivity contribution in [2.24, 2.45) is 0 Å². The zero-order chi connectivity index (χ0) is 16.7. The van der Waals surface area contributed by atoms with Crippen molar-refractivity contribution in [1.82, 2.24) is 10.6 Å². The number of rotatable bonds is 7. The summed E-state index contributed by atoms with van der Waals surface area (Å²) in [5, 5.41) is 9.58. The number of ketones is 1. The fourth-order valence-electron chi connectivity index (χ4n) is 2.92. The van der Waals surface area contributed by atoms with Gasteiger partial charge in [0.2, 0.25) is 5.91 Å². The molecule has 2 rings (SSSR count).